The summed E-state index contributed by atoms with van der Waals surface area (Å²) in [7, 11) is 1.54. The molecule has 2 aromatic carbocycles. The molecule has 0 spiro atoms. The predicted molar refractivity (Wildman–Crippen MR) is 102 cm³/mol. The van der Waals surface area contributed by atoms with E-state index in [0.717, 1.165) is 6.42 Å². The fraction of sp³-hybridized carbons (Fsp3) is 0.263. The molecule has 0 heterocycles. The monoisotopic (exact) mass is 420 g/mol. The molecule has 0 radical (unpaired) electrons. The van der Waals surface area contributed by atoms with Crippen molar-refractivity contribution in [2.45, 2.75) is 26.4 Å². The van der Waals surface area contributed by atoms with Gasteiger partial charge in [0.1, 0.15) is 11.5 Å². The molecule has 0 aliphatic heterocycles. The number of benzene rings is 2. The number of nitrogens with one attached hydrogen (secondary N) is 2. The van der Waals surface area contributed by atoms with Crippen LogP contribution in [0.15, 0.2) is 46.9 Å². The van der Waals surface area contributed by atoms with E-state index in [1.54, 1.807) is 25.1 Å². The zero-order valence-corrected chi connectivity index (χ0v) is 16.4. The van der Waals surface area contributed by atoms with E-state index < -0.39 is 17.9 Å². The minimum absolute atomic E-state index is 0.377. The number of hydrogen-bond donors (Lipinski definition) is 2. The molecule has 0 aromatic heterocycles. The zero-order chi connectivity index (χ0) is 19.1. The number of halogens is 1. The largest absolute Gasteiger partial charge is 0.496 e. The number of amides is 2. The van der Waals surface area contributed by atoms with E-state index in [2.05, 4.69) is 33.7 Å². The molecule has 6 nitrogen and oxygen atoms in total. The smallest absolute Gasteiger partial charge is 0.279 e. The highest BCUT2D eigenvalue weighted by atomic mass is 79.9. The molecule has 2 rings (SSSR count). The molecule has 1 unspecified atom stereocenters. The SMILES string of the molecule is CCc1ccc(OC(C)C(=O)NNC(=O)c2ccc(OC)c(Br)c2)cc1. The first-order valence-electron chi connectivity index (χ1n) is 8.14. The average Bonchev–Trinajstić information content (AvgIpc) is 2.66. The summed E-state index contributed by atoms with van der Waals surface area (Å²) in [5, 5.41) is 0. The molecule has 0 aliphatic carbocycles. The van der Waals surface area contributed by atoms with E-state index in [9.17, 15) is 9.59 Å². The van der Waals surface area contributed by atoms with Crippen LogP contribution in [0.5, 0.6) is 11.5 Å². The number of carbonyl (C=O) groups excluding carboxylic acids is 2. The second-order valence-corrected chi connectivity index (χ2v) is 6.40. The Bertz CT molecular complexity index is 778. The van der Waals surface area contributed by atoms with Gasteiger partial charge < -0.3 is 9.47 Å². The molecule has 2 N–H and O–H groups in total. The Labute approximate surface area is 161 Å². The molecule has 0 saturated carbocycles. The highest BCUT2D eigenvalue weighted by Gasteiger charge is 2.16. The van der Waals surface area contributed by atoms with Crippen molar-refractivity contribution in [2.24, 2.45) is 0 Å². The van der Waals surface area contributed by atoms with Crippen LogP contribution in [0.25, 0.3) is 0 Å². The molecule has 7 heteroatoms. The summed E-state index contributed by atoms with van der Waals surface area (Å²) in [5.74, 6) is 0.309. The van der Waals surface area contributed by atoms with Gasteiger partial charge in [-0.1, -0.05) is 19.1 Å². The Kier molecular flexibility index (Phi) is 7.03. The summed E-state index contributed by atoms with van der Waals surface area (Å²) in [5.41, 5.74) is 6.29. The van der Waals surface area contributed by atoms with Crippen molar-refractivity contribution >= 4 is 27.7 Å². The van der Waals surface area contributed by atoms with E-state index in [1.807, 2.05) is 24.3 Å². The van der Waals surface area contributed by atoms with Crippen LogP contribution < -0.4 is 20.3 Å². The molecular weight excluding hydrogens is 400 g/mol. The molecule has 0 fully saturated rings. The third kappa shape index (κ3) is 5.23. The van der Waals surface area contributed by atoms with E-state index >= 15 is 0 Å². The number of methoxy groups -OCH3 is 1. The number of aryl methyl sites for hydroxylation is 1. The fourth-order valence-electron chi connectivity index (χ4n) is 2.16. The first kappa shape index (κ1) is 19.8. The number of hydrazine groups is 1. The van der Waals surface area contributed by atoms with E-state index in [4.69, 9.17) is 9.47 Å². The lowest BCUT2D eigenvalue weighted by atomic mass is 10.2. The lowest BCUT2D eigenvalue weighted by Crippen LogP contribution is -2.47. The molecule has 26 heavy (non-hydrogen) atoms. The molecule has 1 atom stereocenters. The van der Waals surface area contributed by atoms with Crippen LogP contribution in [0.4, 0.5) is 0 Å². The highest BCUT2D eigenvalue weighted by Crippen LogP contribution is 2.25. The third-order valence-corrected chi connectivity index (χ3v) is 4.35. The van der Waals surface area contributed by atoms with Gasteiger partial charge in [0.05, 0.1) is 11.6 Å². The van der Waals surface area contributed by atoms with Crippen molar-refractivity contribution in [2.75, 3.05) is 7.11 Å². The van der Waals surface area contributed by atoms with Gasteiger partial charge >= 0.3 is 0 Å². The van der Waals surface area contributed by atoms with Gasteiger partial charge in [-0.05, 0) is 65.2 Å². The molecule has 0 saturated heterocycles. The van der Waals surface area contributed by atoms with Crippen molar-refractivity contribution in [1.82, 2.24) is 10.9 Å². The number of ether oxygens (including phenoxy) is 2. The van der Waals surface area contributed by atoms with Gasteiger partial charge in [0.2, 0.25) is 0 Å². The van der Waals surface area contributed by atoms with Gasteiger partial charge in [-0.3, -0.25) is 20.4 Å². The third-order valence-electron chi connectivity index (χ3n) is 3.73. The molecule has 2 amide bonds. The van der Waals surface area contributed by atoms with Crippen molar-refractivity contribution in [3.8, 4) is 11.5 Å². The summed E-state index contributed by atoms with van der Waals surface area (Å²) in [6.45, 7) is 3.68. The van der Waals surface area contributed by atoms with E-state index in [1.165, 1.54) is 12.7 Å². The maximum absolute atomic E-state index is 12.1. The summed E-state index contributed by atoms with van der Waals surface area (Å²) in [6.07, 6.45) is 0.175. The van der Waals surface area contributed by atoms with Gasteiger partial charge in [-0.15, -0.1) is 0 Å². The Morgan fingerprint density at radius 3 is 2.38 bits per heavy atom. The van der Waals surface area contributed by atoms with Crippen LogP contribution >= 0.6 is 15.9 Å². The van der Waals surface area contributed by atoms with Gasteiger partial charge in [-0.25, -0.2) is 0 Å². The van der Waals surface area contributed by atoms with Crippen LogP contribution in [0.3, 0.4) is 0 Å². The molecule has 0 bridgehead atoms. The normalized spacial score (nSPS) is 11.4. The van der Waals surface area contributed by atoms with Crippen LogP contribution in [0.2, 0.25) is 0 Å². The van der Waals surface area contributed by atoms with Gasteiger partial charge in [0, 0.05) is 5.56 Å². The van der Waals surface area contributed by atoms with Gasteiger partial charge in [-0.2, -0.15) is 0 Å². The summed E-state index contributed by atoms with van der Waals surface area (Å²) >= 11 is 3.31. The Morgan fingerprint density at radius 2 is 1.81 bits per heavy atom. The lowest BCUT2D eigenvalue weighted by Gasteiger charge is -2.15. The maximum atomic E-state index is 12.1. The first-order valence-corrected chi connectivity index (χ1v) is 8.93. The Hall–Kier alpha value is -2.54. The van der Waals surface area contributed by atoms with E-state index in [0.29, 0.717) is 21.5 Å². The quantitative estimate of drug-likeness (QED) is 0.703. The number of rotatable bonds is 6. The van der Waals surface area contributed by atoms with Crippen LogP contribution in [-0.2, 0) is 11.2 Å². The zero-order valence-electron chi connectivity index (χ0n) is 14.8. The second kappa shape index (κ2) is 9.24. The number of hydrogen-bond acceptors (Lipinski definition) is 4. The summed E-state index contributed by atoms with van der Waals surface area (Å²) < 4.78 is 11.3. The Morgan fingerprint density at radius 1 is 1.12 bits per heavy atom. The number of carbonyl (C=O) groups is 2. The van der Waals surface area contributed by atoms with Crippen molar-refractivity contribution < 1.29 is 19.1 Å². The van der Waals surface area contributed by atoms with Crippen LogP contribution in [0.1, 0.15) is 29.8 Å². The Balaban J connectivity index is 1.88. The van der Waals surface area contributed by atoms with Crippen molar-refractivity contribution in [1.29, 1.82) is 0 Å². The van der Waals surface area contributed by atoms with Crippen LogP contribution in [0, 0.1) is 0 Å². The standard InChI is InChI=1S/C19H21BrN2O4/c1-4-13-5-8-15(9-6-13)26-12(2)18(23)21-22-19(24)14-7-10-17(25-3)16(20)11-14/h5-12H,4H2,1-3H3,(H,21,23)(H,22,24). The van der Waals surface area contributed by atoms with Crippen molar-refractivity contribution in [3.63, 3.8) is 0 Å². The summed E-state index contributed by atoms with van der Waals surface area (Å²) in [4.78, 5) is 24.2. The predicted octanol–water partition coefficient (Wildman–Crippen LogP) is 3.25. The fourth-order valence-corrected chi connectivity index (χ4v) is 2.70. The molecule has 2 aromatic rings. The molecular formula is C19H21BrN2O4. The second-order valence-electron chi connectivity index (χ2n) is 5.55. The topological polar surface area (TPSA) is 76.7 Å². The van der Waals surface area contributed by atoms with Gasteiger partial charge in [0.15, 0.2) is 6.10 Å². The first-order chi connectivity index (χ1) is 12.4. The molecule has 0 aliphatic rings. The molecule has 138 valence electrons. The maximum Gasteiger partial charge on any atom is 0.279 e. The minimum atomic E-state index is -0.759. The summed E-state index contributed by atoms with van der Waals surface area (Å²) in [6, 6.07) is 12.4. The highest BCUT2D eigenvalue weighted by molar-refractivity contribution is 9.10. The van der Waals surface area contributed by atoms with Crippen molar-refractivity contribution in [3.05, 3.63) is 58.1 Å². The lowest BCUT2D eigenvalue weighted by molar-refractivity contribution is -0.128. The van der Waals surface area contributed by atoms with Gasteiger partial charge in [0.25, 0.3) is 11.8 Å². The minimum Gasteiger partial charge on any atom is -0.496 e. The average molecular weight is 421 g/mol. The van der Waals surface area contributed by atoms with Crippen LogP contribution in [-0.4, -0.2) is 25.0 Å². The van der Waals surface area contributed by atoms with E-state index in [-0.39, 0.29) is 0 Å².